The monoisotopic (exact) mass is 251 g/mol. The van der Waals surface area contributed by atoms with Crippen LogP contribution in [-0.4, -0.2) is 25.3 Å². The van der Waals surface area contributed by atoms with E-state index in [0.717, 1.165) is 11.1 Å². The minimum absolute atomic E-state index is 0.0597. The molecule has 1 aliphatic rings. The fourth-order valence-corrected chi connectivity index (χ4v) is 2.66. The lowest BCUT2D eigenvalue weighted by atomic mass is 9.96. The Morgan fingerprint density at radius 3 is 2.72 bits per heavy atom. The van der Waals surface area contributed by atoms with E-state index in [0.29, 0.717) is 17.9 Å². The van der Waals surface area contributed by atoms with E-state index in [2.05, 4.69) is 0 Å². The van der Waals surface area contributed by atoms with E-state index >= 15 is 0 Å². The van der Waals surface area contributed by atoms with Crippen LogP contribution in [0.5, 0.6) is 11.5 Å². The molecule has 2 atom stereocenters. The smallest absolute Gasteiger partial charge is 0.303 e. The summed E-state index contributed by atoms with van der Waals surface area (Å²) < 4.78 is 10.6. The summed E-state index contributed by atoms with van der Waals surface area (Å²) in [6.45, 7) is 0. The van der Waals surface area contributed by atoms with Crippen LogP contribution in [0.15, 0.2) is 12.1 Å². The molecule has 0 radical (unpaired) electrons. The van der Waals surface area contributed by atoms with Crippen molar-refractivity contribution in [1.82, 2.24) is 0 Å². The average molecular weight is 251 g/mol. The number of hydrogen-bond acceptors (Lipinski definition) is 4. The van der Waals surface area contributed by atoms with Crippen LogP contribution < -0.4 is 15.2 Å². The van der Waals surface area contributed by atoms with Gasteiger partial charge in [-0.2, -0.15) is 0 Å². The Morgan fingerprint density at radius 2 is 2.17 bits per heavy atom. The molecule has 0 fully saturated rings. The van der Waals surface area contributed by atoms with Gasteiger partial charge in [0, 0.05) is 17.5 Å². The van der Waals surface area contributed by atoms with Crippen molar-refractivity contribution in [2.45, 2.75) is 24.8 Å². The van der Waals surface area contributed by atoms with Gasteiger partial charge < -0.3 is 20.3 Å². The quantitative estimate of drug-likeness (QED) is 0.850. The van der Waals surface area contributed by atoms with E-state index in [1.165, 1.54) is 0 Å². The predicted molar refractivity (Wildman–Crippen MR) is 66.1 cm³/mol. The molecule has 5 nitrogen and oxygen atoms in total. The Bertz CT molecular complexity index is 472. The minimum atomic E-state index is -0.829. The molecule has 0 saturated heterocycles. The second-order valence-electron chi connectivity index (χ2n) is 4.44. The first kappa shape index (κ1) is 12.7. The zero-order valence-electron chi connectivity index (χ0n) is 10.5. The second-order valence-corrected chi connectivity index (χ2v) is 4.44. The summed E-state index contributed by atoms with van der Waals surface area (Å²) in [6.07, 6.45) is 0.690. The van der Waals surface area contributed by atoms with Gasteiger partial charge >= 0.3 is 5.97 Å². The SMILES string of the molecule is COc1ccc2c(c1OC)C(CC(=O)O)CC2N. The van der Waals surface area contributed by atoms with Gasteiger partial charge in [0.2, 0.25) is 0 Å². The molecule has 0 bridgehead atoms. The van der Waals surface area contributed by atoms with Crippen molar-refractivity contribution in [3.8, 4) is 11.5 Å². The molecule has 3 N–H and O–H groups in total. The maximum Gasteiger partial charge on any atom is 0.303 e. The van der Waals surface area contributed by atoms with Crippen molar-refractivity contribution in [1.29, 1.82) is 0 Å². The Morgan fingerprint density at radius 1 is 1.44 bits per heavy atom. The van der Waals surface area contributed by atoms with E-state index in [1.807, 2.05) is 6.07 Å². The van der Waals surface area contributed by atoms with Gasteiger partial charge in [0.1, 0.15) is 0 Å². The molecule has 0 aromatic heterocycles. The van der Waals surface area contributed by atoms with Crippen LogP contribution in [0.25, 0.3) is 0 Å². The van der Waals surface area contributed by atoms with Crippen molar-refractivity contribution in [3.05, 3.63) is 23.3 Å². The van der Waals surface area contributed by atoms with Crippen molar-refractivity contribution in [2.24, 2.45) is 5.73 Å². The molecule has 2 unspecified atom stereocenters. The van der Waals surface area contributed by atoms with Gasteiger partial charge in [-0.25, -0.2) is 0 Å². The van der Waals surface area contributed by atoms with E-state index in [9.17, 15) is 4.79 Å². The van der Waals surface area contributed by atoms with Crippen molar-refractivity contribution in [3.63, 3.8) is 0 Å². The molecule has 1 aromatic rings. The van der Waals surface area contributed by atoms with Crippen molar-refractivity contribution < 1.29 is 19.4 Å². The van der Waals surface area contributed by atoms with Crippen LogP contribution in [0.4, 0.5) is 0 Å². The highest BCUT2D eigenvalue weighted by atomic mass is 16.5. The molecule has 5 heteroatoms. The highest BCUT2D eigenvalue weighted by Crippen LogP contribution is 2.49. The highest BCUT2D eigenvalue weighted by Gasteiger charge is 2.34. The van der Waals surface area contributed by atoms with Crippen LogP contribution >= 0.6 is 0 Å². The molecule has 0 spiro atoms. The number of nitrogens with two attached hydrogens (primary N) is 1. The molecular weight excluding hydrogens is 234 g/mol. The first-order valence-corrected chi connectivity index (χ1v) is 5.80. The van der Waals surface area contributed by atoms with E-state index in [-0.39, 0.29) is 18.4 Å². The molecule has 1 aromatic carbocycles. The number of ether oxygens (including phenoxy) is 2. The Hall–Kier alpha value is -1.75. The van der Waals surface area contributed by atoms with Gasteiger partial charge in [0.25, 0.3) is 0 Å². The van der Waals surface area contributed by atoms with Crippen LogP contribution in [-0.2, 0) is 4.79 Å². The third kappa shape index (κ3) is 2.01. The topological polar surface area (TPSA) is 81.8 Å². The normalized spacial score (nSPS) is 21.5. The molecule has 0 amide bonds. The van der Waals surface area contributed by atoms with Crippen molar-refractivity contribution in [2.75, 3.05) is 14.2 Å². The summed E-state index contributed by atoms with van der Waals surface area (Å²) in [5.74, 6) is 0.275. The van der Waals surface area contributed by atoms with Gasteiger partial charge in [0.15, 0.2) is 11.5 Å². The lowest BCUT2D eigenvalue weighted by Crippen LogP contribution is -2.07. The third-order valence-corrected chi connectivity index (χ3v) is 3.38. The van der Waals surface area contributed by atoms with E-state index < -0.39 is 5.97 Å². The average Bonchev–Trinajstić information content (AvgIpc) is 2.64. The first-order valence-electron chi connectivity index (χ1n) is 5.80. The number of rotatable bonds is 4. The molecular formula is C13H17NO4. The van der Waals surface area contributed by atoms with Crippen LogP contribution in [0.2, 0.25) is 0 Å². The second kappa shape index (κ2) is 4.86. The fraction of sp³-hybridized carbons (Fsp3) is 0.462. The fourth-order valence-electron chi connectivity index (χ4n) is 2.66. The Balaban J connectivity index is 2.50. The molecule has 0 saturated carbocycles. The lowest BCUT2D eigenvalue weighted by Gasteiger charge is -2.16. The standard InChI is InChI=1S/C13H17NO4/c1-17-10-4-3-8-9(14)5-7(6-11(15)16)12(8)13(10)18-2/h3-4,7,9H,5-6,14H2,1-2H3,(H,15,16). The summed E-state index contributed by atoms with van der Waals surface area (Å²) in [4.78, 5) is 10.9. The van der Waals surface area contributed by atoms with Gasteiger partial charge in [-0.15, -0.1) is 0 Å². The van der Waals surface area contributed by atoms with Crippen LogP contribution in [0.1, 0.15) is 35.9 Å². The lowest BCUT2D eigenvalue weighted by molar-refractivity contribution is -0.137. The Labute approximate surface area is 106 Å². The molecule has 0 aliphatic heterocycles. The van der Waals surface area contributed by atoms with Crippen LogP contribution in [0.3, 0.4) is 0 Å². The summed E-state index contributed by atoms with van der Waals surface area (Å²) >= 11 is 0. The number of fused-ring (bicyclic) bond motifs is 1. The number of hydrogen-bond donors (Lipinski definition) is 2. The first-order chi connectivity index (χ1) is 8.58. The maximum atomic E-state index is 10.9. The summed E-state index contributed by atoms with van der Waals surface area (Å²) in [5, 5.41) is 8.96. The largest absolute Gasteiger partial charge is 0.493 e. The van der Waals surface area contributed by atoms with E-state index in [4.69, 9.17) is 20.3 Å². The number of carboxylic acids is 1. The number of methoxy groups -OCH3 is 2. The summed E-state index contributed by atoms with van der Waals surface area (Å²) in [5.41, 5.74) is 7.88. The zero-order valence-corrected chi connectivity index (χ0v) is 10.5. The van der Waals surface area contributed by atoms with Crippen molar-refractivity contribution >= 4 is 5.97 Å². The van der Waals surface area contributed by atoms with E-state index in [1.54, 1.807) is 20.3 Å². The van der Waals surface area contributed by atoms with Gasteiger partial charge in [-0.1, -0.05) is 6.07 Å². The van der Waals surface area contributed by atoms with Gasteiger partial charge in [-0.05, 0) is 18.1 Å². The molecule has 18 heavy (non-hydrogen) atoms. The molecule has 0 heterocycles. The number of aliphatic carboxylic acids is 1. The summed E-state index contributed by atoms with van der Waals surface area (Å²) in [7, 11) is 3.12. The predicted octanol–water partition coefficient (Wildman–Crippen LogP) is 1.67. The number of carboxylic acid groups (broad SMARTS) is 1. The summed E-state index contributed by atoms with van der Waals surface area (Å²) in [6, 6.07) is 3.56. The molecule has 98 valence electrons. The molecule has 1 aliphatic carbocycles. The maximum absolute atomic E-state index is 10.9. The highest BCUT2D eigenvalue weighted by molar-refractivity contribution is 5.69. The number of carbonyl (C=O) groups is 1. The van der Waals surface area contributed by atoms with Gasteiger partial charge in [-0.3, -0.25) is 4.79 Å². The molecule has 2 rings (SSSR count). The van der Waals surface area contributed by atoms with Gasteiger partial charge in [0.05, 0.1) is 20.6 Å². The zero-order chi connectivity index (χ0) is 13.3. The van der Waals surface area contributed by atoms with Crippen LogP contribution in [0, 0.1) is 0 Å². The third-order valence-electron chi connectivity index (χ3n) is 3.38. The Kier molecular flexibility index (Phi) is 3.43. The minimum Gasteiger partial charge on any atom is -0.493 e. The number of benzene rings is 1.